The highest BCUT2D eigenvalue weighted by Gasteiger charge is 2.37. The Labute approximate surface area is 200 Å². The first kappa shape index (κ1) is 22.9. The van der Waals surface area contributed by atoms with E-state index >= 15 is 0 Å². The fourth-order valence-corrected chi connectivity index (χ4v) is 5.00. The maximum Gasteiger partial charge on any atom is 0.161 e. The molecule has 180 valence electrons. The lowest BCUT2D eigenvalue weighted by atomic mass is 9.96. The first-order valence-electron chi connectivity index (χ1n) is 12.2. The number of nitrogens with one attached hydrogen (secondary N) is 1. The molecular formula is C27H33N3O4. The SMILES string of the molecule is COc1ccc2nccc(C(O)(CNCc3ccc4c(c3)OCCO4)N3CCCCCC3)c2c1. The molecule has 1 aromatic heterocycles. The molecule has 5 rings (SSSR count). The predicted molar refractivity (Wildman–Crippen MR) is 131 cm³/mol. The van der Waals surface area contributed by atoms with E-state index in [0.29, 0.717) is 26.3 Å². The molecular weight excluding hydrogens is 430 g/mol. The van der Waals surface area contributed by atoms with Crippen molar-refractivity contribution in [2.45, 2.75) is 38.0 Å². The van der Waals surface area contributed by atoms with E-state index in [1.807, 2.05) is 42.5 Å². The van der Waals surface area contributed by atoms with E-state index in [2.05, 4.69) is 15.2 Å². The van der Waals surface area contributed by atoms with Crippen LogP contribution in [0.3, 0.4) is 0 Å². The van der Waals surface area contributed by atoms with Gasteiger partial charge in [0, 0.05) is 43.3 Å². The van der Waals surface area contributed by atoms with Gasteiger partial charge in [-0.15, -0.1) is 0 Å². The maximum absolute atomic E-state index is 12.3. The Balaban J connectivity index is 1.44. The quantitative estimate of drug-likeness (QED) is 0.552. The van der Waals surface area contributed by atoms with Crippen LogP contribution < -0.4 is 19.5 Å². The van der Waals surface area contributed by atoms with Crippen molar-refractivity contribution in [1.29, 1.82) is 0 Å². The van der Waals surface area contributed by atoms with Gasteiger partial charge in [0.25, 0.3) is 0 Å². The van der Waals surface area contributed by atoms with Gasteiger partial charge in [0.1, 0.15) is 19.0 Å². The standard InChI is InChI=1S/C27H33N3O4/c1-32-21-7-8-24-22(17-21)23(10-11-29-24)27(31,30-12-4-2-3-5-13-30)19-28-18-20-6-9-25-26(16-20)34-15-14-33-25/h6-11,16-17,28,31H,2-5,12-15,18-19H2,1H3. The summed E-state index contributed by atoms with van der Waals surface area (Å²) in [5.74, 6) is 2.32. The third-order valence-corrected chi connectivity index (χ3v) is 6.82. The lowest BCUT2D eigenvalue weighted by Gasteiger charge is -2.40. The molecule has 0 saturated carbocycles. The highest BCUT2D eigenvalue weighted by atomic mass is 16.6. The Hall–Kier alpha value is -2.87. The molecule has 0 amide bonds. The lowest BCUT2D eigenvalue weighted by Crippen LogP contribution is -2.53. The van der Waals surface area contributed by atoms with E-state index in [1.165, 1.54) is 12.8 Å². The van der Waals surface area contributed by atoms with E-state index in [4.69, 9.17) is 14.2 Å². The maximum atomic E-state index is 12.3. The van der Waals surface area contributed by atoms with Gasteiger partial charge in [0.2, 0.25) is 0 Å². The minimum atomic E-state index is -1.17. The van der Waals surface area contributed by atoms with Crippen LogP contribution in [0.2, 0.25) is 0 Å². The van der Waals surface area contributed by atoms with E-state index < -0.39 is 5.72 Å². The van der Waals surface area contributed by atoms with Crippen LogP contribution in [0.15, 0.2) is 48.7 Å². The molecule has 3 aromatic rings. The first-order valence-corrected chi connectivity index (χ1v) is 12.2. The Morgan fingerprint density at radius 3 is 2.59 bits per heavy atom. The van der Waals surface area contributed by atoms with E-state index in [9.17, 15) is 5.11 Å². The number of rotatable bonds is 7. The van der Waals surface area contributed by atoms with Crippen molar-refractivity contribution in [3.8, 4) is 17.2 Å². The largest absolute Gasteiger partial charge is 0.497 e. The minimum absolute atomic E-state index is 0.387. The van der Waals surface area contributed by atoms with Gasteiger partial charge in [-0.1, -0.05) is 18.9 Å². The second-order valence-corrected chi connectivity index (χ2v) is 9.04. The fourth-order valence-electron chi connectivity index (χ4n) is 5.00. The predicted octanol–water partition coefficient (Wildman–Crippen LogP) is 3.83. The summed E-state index contributed by atoms with van der Waals surface area (Å²) >= 11 is 0. The summed E-state index contributed by atoms with van der Waals surface area (Å²) in [7, 11) is 1.66. The van der Waals surface area contributed by atoms with Crippen molar-refractivity contribution >= 4 is 10.9 Å². The smallest absolute Gasteiger partial charge is 0.161 e. The van der Waals surface area contributed by atoms with Gasteiger partial charge < -0.3 is 24.6 Å². The molecule has 1 atom stereocenters. The molecule has 7 heteroatoms. The number of hydrogen-bond acceptors (Lipinski definition) is 7. The zero-order valence-electron chi connectivity index (χ0n) is 19.8. The molecule has 0 aliphatic carbocycles. The second kappa shape index (κ2) is 10.2. The molecule has 1 fully saturated rings. The molecule has 2 aromatic carbocycles. The summed E-state index contributed by atoms with van der Waals surface area (Å²) in [6.45, 7) is 3.86. The van der Waals surface area contributed by atoms with Gasteiger partial charge in [-0.05, 0) is 54.8 Å². The van der Waals surface area contributed by atoms with Gasteiger partial charge in [-0.2, -0.15) is 0 Å². The fraction of sp³-hybridized carbons (Fsp3) is 0.444. The third kappa shape index (κ3) is 4.69. The molecule has 3 heterocycles. The zero-order chi connectivity index (χ0) is 23.4. The van der Waals surface area contributed by atoms with Crippen LogP contribution in [0.4, 0.5) is 0 Å². The summed E-state index contributed by atoms with van der Waals surface area (Å²) in [6.07, 6.45) is 6.34. The number of methoxy groups -OCH3 is 1. The molecule has 34 heavy (non-hydrogen) atoms. The molecule has 0 spiro atoms. The molecule has 2 aliphatic rings. The van der Waals surface area contributed by atoms with E-state index in [0.717, 1.165) is 65.2 Å². The zero-order valence-corrected chi connectivity index (χ0v) is 19.8. The number of aromatic nitrogens is 1. The summed E-state index contributed by atoms with van der Waals surface area (Å²) in [5.41, 5.74) is 1.61. The highest BCUT2D eigenvalue weighted by molar-refractivity contribution is 5.84. The number of nitrogens with zero attached hydrogens (tertiary/aromatic N) is 2. The van der Waals surface area contributed by atoms with E-state index in [-0.39, 0.29) is 0 Å². The minimum Gasteiger partial charge on any atom is -0.497 e. The van der Waals surface area contributed by atoms with Gasteiger partial charge in [0.15, 0.2) is 17.2 Å². The van der Waals surface area contributed by atoms with Crippen LogP contribution in [0.1, 0.15) is 36.8 Å². The Bertz CT molecular complexity index is 1130. The average Bonchev–Trinajstić information content (AvgIpc) is 3.18. The first-order chi connectivity index (χ1) is 16.7. The number of ether oxygens (including phenoxy) is 3. The van der Waals surface area contributed by atoms with Gasteiger partial charge in [-0.25, -0.2) is 0 Å². The Morgan fingerprint density at radius 2 is 1.79 bits per heavy atom. The topological polar surface area (TPSA) is 76.1 Å². The number of hydrogen-bond donors (Lipinski definition) is 2. The summed E-state index contributed by atoms with van der Waals surface area (Å²) in [5, 5.41) is 16.7. The summed E-state index contributed by atoms with van der Waals surface area (Å²) in [4.78, 5) is 6.76. The number of likely N-dealkylation sites (tertiary alicyclic amines) is 1. The highest BCUT2D eigenvalue weighted by Crippen LogP contribution is 2.35. The van der Waals surface area contributed by atoms with Gasteiger partial charge >= 0.3 is 0 Å². The van der Waals surface area contributed by atoms with Crippen LogP contribution in [-0.2, 0) is 12.3 Å². The molecule has 1 saturated heterocycles. The van der Waals surface area contributed by atoms with Crippen molar-refractivity contribution in [2.75, 3.05) is 40.0 Å². The lowest BCUT2D eigenvalue weighted by molar-refractivity contribution is -0.112. The third-order valence-electron chi connectivity index (χ3n) is 6.82. The van der Waals surface area contributed by atoms with Gasteiger partial charge in [0.05, 0.1) is 12.6 Å². The van der Waals surface area contributed by atoms with Crippen molar-refractivity contribution in [3.63, 3.8) is 0 Å². The second-order valence-electron chi connectivity index (χ2n) is 9.04. The molecule has 1 unspecified atom stereocenters. The normalized spacial score (nSPS) is 18.3. The Kier molecular flexibility index (Phi) is 6.85. The molecule has 7 nitrogen and oxygen atoms in total. The van der Waals surface area contributed by atoms with Crippen LogP contribution in [0, 0.1) is 0 Å². The van der Waals surface area contributed by atoms with Gasteiger partial charge in [-0.3, -0.25) is 9.88 Å². The van der Waals surface area contributed by atoms with E-state index in [1.54, 1.807) is 13.3 Å². The molecule has 0 bridgehead atoms. The summed E-state index contributed by atoms with van der Waals surface area (Å²) in [6, 6.07) is 13.8. The van der Waals surface area contributed by atoms with Crippen LogP contribution in [-0.4, -0.2) is 54.9 Å². The molecule has 2 N–H and O–H groups in total. The molecule has 2 aliphatic heterocycles. The number of aliphatic hydroxyl groups is 1. The molecule has 0 radical (unpaired) electrons. The average molecular weight is 464 g/mol. The van der Waals surface area contributed by atoms with Crippen LogP contribution in [0.25, 0.3) is 10.9 Å². The van der Waals surface area contributed by atoms with Crippen molar-refractivity contribution < 1.29 is 19.3 Å². The Morgan fingerprint density at radius 1 is 1.00 bits per heavy atom. The number of fused-ring (bicyclic) bond motifs is 2. The van der Waals surface area contributed by atoms with Crippen molar-refractivity contribution in [2.24, 2.45) is 0 Å². The van der Waals surface area contributed by atoms with Crippen molar-refractivity contribution in [1.82, 2.24) is 15.2 Å². The van der Waals surface area contributed by atoms with Crippen LogP contribution >= 0.6 is 0 Å². The van der Waals surface area contributed by atoms with Crippen LogP contribution in [0.5, 0.6) is 17.2 Å². The van der Waals surface area contributed by atoms with Crippen molar-refractivity contribution in [3.05, 3.63) is 59.8 Å². The number of pyridine rings is 1. The number of benzene rings is 2. The monoisotopic (exact) mass is 463 g/mol. The summed E-state index contributed by atoms with van der Waals surface area (Å²) < 4.78 is 16.8.